The SMILES string of the molecule is Cc1cc(C)n(CC(=O)NCC(C)N2CCOCC2)n1. The fraction of sp³-hybridized carbons (Fsp3) is 0.714. The summed E-state index contributed by atoms with van der Waals surface area (Å²) in [6.07, 6.45) is 0. The van der Waals surface area contributed by atoms with Gasteiger partial charge in [-0.15, -0.1) is 0 Å². The van der Waals surface area contributed by atoms with Crippen molar-refractivity contribution in [1.29, 1.82) is 0 Å². The van der Waals surface area contributed by atoms with E-state index in [1.807, 2.05) is 19.9 Å². The quantitative estimate of drug-likeness (QED) is 0.845. The molecule has 1 aliphatic heterocycles. The molecule has 0 radical (unpaired) electrons. The Morgan fingerprint density at radius 2 is 2.15 bits per heavy atom. The predicted octanol–water partition coefficient (Wildman–Crippen LogP) is 0.337. The molecule has 112 valence electrons. The second kappa shape index (κ2) is 6.85. The molecule has 1 fully saturated rings. The highest BCUT2D eigenvalue weighted by Gasteiger charge is 2.17. The van der Waals surface area contributed by atoms with Crippen LogP contribution in [-0.2, 0) is 16.1 Å². The second-order valence-electron chi connectivity index (χ2n) is 5.39. The van der Waals surface area contributed by atoms with Crippen molar-refractivity contribution in [2.45, 2.75) is 33.4 Å². The standard InChI is InChI=1S/C14H24N4O2/c1-11-8-12(2)18(16-11)10-14(19)15-9-13(3)17-4-6-20-7-5-17/h8,13H,4-7,9-10H2,1-3H3,(H,15,19). The third-order valence-electron chi connectivity index (χ3n) is 3.66. The lowest BCUT2D eigenvalue weighted by molar-refractivity contribution is -0.122. The molecule has 1 aliphatic rings. The van der Waals surface area contributed by atoms with E-state index >= 15 is 0 Å². The Morgan fingerprint density at radius 3 is 2.75 bits per heavy atom. The maximum atomic E-state index is 11.9. The number of carbonyl (C=O) groups is 1. The van der Waals surface area contributed by atoms with Gasteiger partial charge in [0.1, 0.15) is 6.54 Å². The molecule has 1 saturated heterocycles. The van der Waals surface area contributed by atoms with Gasteiger partial charge in [-0.25, -0.2) is 0 Å². The summed E-state index contributed by atoms with van der Waals surface area (Å²) in [6, 6.07) is 2.31. The number of hydrogen-bond acceptors (Lipinski definition) is 4. The van der Waals surface area contributed by atoms with E-state index in [0.29, 0.717) is 12.6 Å². The predicted molar refractivity (Wildman–Crippen MR) is 76.6 cm³/mol. The maximum absolute atomic E-state index is 11.9. The molecule has 1 amide bonds. The lowest BCUT2D eigenvalue weighted by Gasteiger charge is -2.32. The maximum Gasteiger partial charge on any atom is 0.241 e. The van der Waals surface area contributed by atoms with Gasteiger partial charge in [0.25, 0.3) is 0 Å². The van der Waals surface area contributed by atoms with E-state index in [-0.39, 0.29) is 12.5 Å². The van der Waals surface area contributed by atoms with Crippen LogP contribution in [0, 0.1) is 13.8 Å². The van der Waals surface area contributed by atoms with Crippen LogP contribution in [-0.4, -0.2) is 59.5 Å². The Bertz CT molecular complexity index is 452. The van der Waals surface area contributed by atoms with Crippen LogP contribution in [0.25, 0.3) is 0 Å². The van der Waals surface area contributed by atoms with Gasteiger partial charge in [0.05, 0.1) is 18.9 Å². The van der Waals surface area contributed by atoms with Crippen molar-refractivity contribution in [3.8, 4) is 0 Å². The van der Waals surface area contributed by atoms with Gasteiger partial charge in [0.2, 0.25) is 5.91 Å². The molecule has 6 heteroatoms. The zero-order chi connectivity index (χ0) is 14.5. The van der Waals surface area contributed by atoms with Gasteiger partial charge in [-0.2, -0.15) is 5.10 Å². The van der Waals surface area contributed by atoms with Crippen LogP contribution in [0.4, 0.5) is 0 Å². The fourth-order valence-corrected chi connectivity index (χ4v) is 2.44. The molecule has 1 atom stereocenters. The van der Waals surface area contributed by atoms with Crippen LogP contribution >= 0.6 is 0 Å². The summed E-state index contributed by atoms with van der Waals surface area (Å²) in [6.45, 7) is 10.4. The Labute approximate surface area is 120 Å². The number of nitrogens with zero attached hydrogens (tertiary/aromatic N) is 3. The summed E-state index contributed by atoms with van der Waals surface area (Å²) in [7, 11) is 0. The van der Waals surface area contributed by atoms with E-state index in [4.69, 9.17) is 4.74 Å². The first-order chi connectivity index (χ1) is 9.56. The Hall–Kier alpha value is -1.40. The zero-order valence-electron chi connectivity index (χ0n) is 12.6. The van der Waals surface area contributed by atoms with Crippen LogP contribution in [0.3, 0.4) is 0 Å². The highest BCUT2D eigenvalue weighted by molar-refractivity contribution is 5.75. The molecule has 2 rings (SSSR count). The summed E-state index contributed by atoms with van der Waals surface area (Å²) in [5.41, 5.74) is 1.95. The summed E-state index contributed by atoms with van der Waals surface area (Å²) in [4.78, 5) is 14.3. The molecule has 0 spiro atoms. The molecule has 1 N–H and O–H groups in total. The van der Waals surface area contributed by atoms with Crippen molar-refractivity contribution >= 4 is 5.91 Å². The van der Waals surface area contributed by atoms with E-state index in [0.717, 1.165) is 37.7 Å². The Balaban J connectivity index is 1.75. The molecule has 20 heavy (non-hydrogen) atoms. The molecular formula is C14H24N4O2. The highest BCUT2D eigenvalue weighted by Crippen LogP contribution is 2.03. The summed E-state index contributed by atoms with van der Waals surface area (Å²) >= 11 is 0. The zero-order valence-corrected chi connectivity index (χ0v) is 12.6. The van der Waals surface area contributed by atoms with Gasteiger partial charge >= 0.3 is 0 Å². The van der Waals surface area contributed by atoms with Gasteiger partial charge < -0.3 is 10.1 Å². The number of morpholine rings is 1. The number of ether oxygens (including phenoxy) is 1. The first-order valence-corrected chi connectivity index (χ1v) is 7.16. The average molecular weight is 280 g/mol. The molecular weight excluding hydrogens is 256 g/mol. The molecule has 0 bridgehead atoms. The van der Waals surface area contributed by atoms with Crippen LogP contribution in [0.1, 0.15) is 18.3 Å². The molecule has 0 saturated carbocycles. The van der Waals surface area contributed by atoms with Gasteiger partial charge in [0, 0.05) is 31.4 Å². The second-order valence-corrected chi connectivity index (χ2v) is 5.39. The third kappa shape index (κ3) is 4.05. The van der Waals surface area contributed by atoms with Gasteiger partial charge in [0.15, 0.2) is 0 Å². The molecule has 1 aromatic rings. The number of aromatic nitrogens is 2. The fourth-order valence-electron chi connectivity index (χ4n) is 2.44. The summed E-state index contributed by atoms with van der Waals surface area (Å²) in [5.74, 6) is 0.0105. The molecule has 6 nitrogen and oxygen atoms in total. The minimum absolute atomic E-state index is 0.0105. The minimum atomic E-state index is 0.0105. The average Bonchev–Trinajstić information content (AvgIpc) is 2.75. The smallest absolute Gasteiger partial charge is 0.241 e. The summed E-state index contributed by atoms with van der Waals surface area (Å²) < 4.78 is 7.07. The lowest BCUT2D eigenvalue weighted by atomic mass is 10.2. The summed E-state index contributed by atoms with van der Waals surface area (Å²) in [5, 5.41) is 7.28. The molecule has 0 aromatic carbocycles. The van der Waals surface area contributed by atoms with Crippen LogP contribution in [0.5, 0.6) is 0 Å². The van der Waals surface area contributed by atoms with Crippen LogP contribution < -0.4 is 5.32 Å². The first kappa shape index (κ1) is 15.0. The Morgan fingerprint density at radius 1 is 1.45 bits per heavy atom. The number of rotatable bonds is 5. The molecule has 1 aromatic heterocycles. The number of aryl methyl sites for hydroxylation is 2. The van der Waals surface area contributed by atoms with Gasteiger partial charge in [-0.1, -0.05) is 0 Å². The van der Waals surface area contributed by atoms with Gasteiger partial charge in [-0.3, -0.25) is 14.4 Å². The number of carbonyl (C=O) groups excluding carboxylic acids is 1. The van der Waals surface area contributed by atoms with Crippen molar-refractivity contribution in [2.75, 3.05) is 32.8 Å². The minimum Gasteiger partial charge on any atom is -0.379 e. The Kier molecular flexibility index (Phi) is 5.14. The third-order valence-corrected chi connectivity index (χ3v) is 3.66. The molecule has 2 heterocycles. The van der Waals surface area contributed by atoms with E-state index in [9.17, 15) is 4.79 Å². The highest BCUT2D eigenvalue weighted by atomic mass is 16.5. The van der Waals surface area contributed by atoms with Gasteiger partial charge in [-0.05, 0) is 26.8 Å². The molecule has 0 aliphatic carbocycles. The first-order valence-electron chi connectivity index (χ1n) is 7.16. The van der Waals surface area contributed by atoms with Crippen molar-refractivity contribution in [3.05, 3.63) is 17.5 Å². The van der Waals surface area contributed by atoms with E-state index in [1.165, 1.54) is 0 Å². The number of amides is 1. The number of hydrogen-bond donors (Lipinski definition) is 1. The lowest BCUT2D eigenvalue weighted by Crippen LogP contribution is -2.47. The largest absolute Gasteiger partial charge is 0.379 e. The van der Waals surface area contributed by atoms with Crippen LogP contribution in [0.15, 0.2) is 6.07 Å². The van der Waals surface area contributed by atoms with Crippen molar-refractivity contribution < 1.29 is 9.53 Å². The van der Waals surface area contributed by atoms with E-state index in [2.05, 4.69) is 22.2 Å². The topological polar surface area (TPSA) is 59.4 Å². The van der Waals surface area contributed by atoms with E-state index in [1.54, 1.807) is 4.68 Å². The van der Waals surface area contributed by atoms with E-state index < -0.39 is 0 Å². The monoisotopic (exact) mass is 280 g/mol. The van der Waals surface area contributed by atoms with Crippen molar-refractivity contribution in [3.63, 3.8) is 0 Å². The van der Waals surface area contributed by atoms with Crippen LogP contribution in [0.2, 0.25) is 0 Å². The normalized spacial score (nSPS) is 17.9. The van der Waals surface area contributed by atoms with Crippen molar-refractivity contribution in [1.82, 2.24) is 20.0 Å². The number of nitrogens with one attached hydrogen (secondary N) is 1. The molecule has 1 unspecified atom stereocenters. The van der Waals surface area contributed by atoms with Crippen molar-refractivity contribution in [2.24, 2.45) is 0 Å².